The van der Waals surface area contributed by atoms with E-state index in [4.69, 9.17) is 11.6 Å². The average Bonchev–Trinajstić information content (AvgIpc) is 2.33. The van der Waals surface area contributed by atoms with Crippen LogP contribution in [0.15, 0.2) is 0 Å². The number of halogens is 2. The van der Waals surface area contributed by atoms with Gasteiger partial charge in [-0.25, -0.2) is 0 Å². The predicted molar refractivity (Wildman–Crippen MR) is 79.8 cm³/mol. The van der Waals surface area contributed by atoms with Crippen LogP contribution in [0.3, 0.4) is 0 Å². The first kappa shape index (κ1) is 21.3. The first-order valence-corrected chi connectivity index (χ1v) is 8.11. The molecule has 0 aliphatic heterocycles. The molecule has 3 heteroatoms. The molecule has 0 rings (SSSR count). The lowest BCUT2D eigenvalue weighted by atomic mass is 10.1. The molecule has 0 amide bonds. The van der Waals surface area contributed by atoms with Crippen LogP contribution in [-0.2, 0) is 0 Å². The molecule has 0 aliphatic carbocycles. The zero-order chi connectivity index (χ0) is 13.0. The van der Waals surface area contributed by atoms with Crippen LogP contribution in [0.2, 0.25) is 0 Å². The van der Waals surface area contributed by atoms with Crippen LogP contribution in [0.4, 0.5) is 0 Å². The molecule has 0 saturated heterocycles. The molecule has 0 spiro atoms. The van der Waals surface area contributed by atoms with Crippen LogP contribution in [0.1, 0.15) is 65.2 Å². The standard InChI is InChI=1S/C15H33ClN.HI/c1-4-6-8-10-14-17(3,15-11-12-16)13-9-7-5-2;/h4-15H2,1-3H3;1H/q+1;/p-1. The van der Waals surface area contributed by atoms with Crippen molar-refractivity contribution in [3.8, 4) is 0 Å². The third-order valence-electron chi connectivity index (χ3n) is 3.68. The summed E-state index contributed by atoms with van der Waals surface area (Å²) in [6.45, 7) is 8.52. The van der Waals surface area contributed by atoms with Crippen molar-refractivity contribution in [1.29, 1.82) is 0 Å². The zero-order valence-electron chi connectivity index (χ0n) is 12.7. The van der Waals surface area contributed by atoms with Crippen LogP contribution in [0.25, 0.3) is 0 Å². The van der Waals surface area contributed by atoms with E-state index < -0.39 is 0 Å². The Morgan fingerprint density at radius 2 is 1.17 bits per heavy atom. The van der Waals surface area contributed by atoms with Gasteiger partial charge in [-0.3, -0.25) is 0 Å². The number of hydrogen-bond acceptors (Lipinski definition) is 0. The Bertz CT molecular complexity index is 167. The van der Waals surface area contributed by atoms with Crippen molar-refractivity contribution in [1.82, 2.24) is 0 Å². The number of unbranched alkanes of at least 4 members (excludes halogenated alkanes) is 5. The van der Waals surface area contributed by atoms with Gasteiger partial charge in [-0.15, -0.1) is 11.6 Å². The van der Waals surface area contributed by atoms with Crippen molar-refractivity contribution in [2.24, 2.45) is 0 Å². The van der Waals surface area contributed by atoms with Gasteiger partial charge in [0.25, 0.3) is 0 Å². The van der Waals surface area contributed by atoms with Gasteiger partial charge in [0.05, 0.1) is 26.7 Å². The van der Waals surface area contributed by atoms with Crippen LogP contribution < -0.4 is 24.0 Å². The summed E-state index contributed by atoms with van der Waals surface area (Å²) >= 11 is 5.84. The van der Waals surface area contributed by atoms with Gasteiger partial charge < -0.3 is 28.5 Å². The molecule has 1 nitrogen and oxygen atoms in total. The van der Waals surface area contributed by atoms with Gasteiger partial charge >= 0.3 is 0 Å². The number of alkyl halides is 1. The van der Waals surface area contributed by atoms with E-state index in [2.05, 4.69) is 20.9 Å². The summed E-state index contributed by atoms with van der Waals surface area (Å²) in [7, 11) is 2.42. The Morgan fingerprint density at radius 3 is 1.67 bits per heavy atom. The van der Waals surface area contributed by atoms with Crippen molar-refractivity contribution in [2.45, 2.75) is 65.2 Å². The van der Waals surface area contributed by atoms with E-state index in [-0.39, 0.29) is 24.0 Å². The third kappa shape index (κ3) is 12.0. The quantitative estimate of drug-likeness (QED) is 0.207. The maximum absolute atomic E-state index is 5.84. The average molecular weight is 390 g/mol. The minimum atomic E-state index is 0. The smallest absolute Gasteiger partial charge is 0.0796 e. The second-order valence-electron chi connectivity index (χ2n) is 5.60. The van der Waals surface area contributed by atoms with Gasteiger partial charge in [0.15, 0.2) is 0 Å². The maximum Gasteiger partial charge on any atom is 0.0796 e. The summed E-state index contributed by atoms with van der Waals surface area (Å²) in [5.41, 5.74) is 0. The minimum Gasteiger partial charge on any atom is -1.00 e. The zero-order valence-corrected chi connectivity index (χ0v) is 15.6. The highest BCUT2D eigenvalue weighted by molar-refractivity contribution is 6.17. The van der Waals surface area contributed by atoms with Gasteiger partial charge in [0.1, 0.15) is 0 Å². The molecule has 0 heterocycles. The molecule has 0 saturated carbocycles. The van der Waals surface area contributed by atoms with Crippen molar-refractivity contribution >= 4 is 11.6 Å². The Labute approximate surface area is 137 Å². The molecule has 18 heavy (non-hydrogen) atoms. The Kier molecular flexibility index (Phi) is 17.0. The van der Waals surface area contributed by atoms with Crippen molar-refractivity contribution in [3.05, 3.63) is 0 Å². The highest BCUT2D eigenvalue weighted by Crippen LogP contribution is 2.12. The molecule has 0 aromatic carbocycles. The van der Waals surface area contributed by atoms with E-state index in [9.17, 15) is 0 Å². The monoisotopic (exact) mass is 389 g/mol. The molecular weight excluding hydrogens is 357 g/mol. The van der Waals surface area contributed by atoms with Gasteiger partial charge in [0.2, 0.25) is 0 Å². The molecule has 0 aromatic heterocycles. The predicted octanol–water partition coefficient (Wildman–Crippen LogP) is 1.84. The first-order valence-electron chi connectivity index (χ1n) is 7.58. The highest BCUT2D eigenvalue weighted by atomic mass is 127. The lowest BCUT2D eigenvalue weighted by molar-refractivity contribution is -0.910. The third-order valence-corrected chi connectivity index (χ3v) is 3.95. The second kappa shape index (κ2) is 14.4. The maximum atomic E-state index is 5.84. The molecule has 0 radical (unpaired) electrons. The fraction of sp³-hybridized carbons (Fsp3) is 1.00. The fourth-order valence-corrected chi connectivity index (χ4v) is 2.56. The van der Waals surface area contributed by atoms with Crippen LogP contribution >= 0.6 is 11.6 Å². The van der Waals surface area contributed by atoms with Crippen LogP contribution in [-0.4, -0.2) is 37.0 Å². The molecule has 0 bridgehead atoms. The summed E-state index contributed by atoms with van der Waals surface area (Å²) in [5, 5.41) is 0. The Balaban J connectivity index is 0. The van der Waals surface area contributed by atoms with E-state index in [1.54, 1.807) is 0 Å². The number of hydrogen-bond donors (Lipinski definition) is 0. The fourth-order valence-electron chi connectivity index (χ4n) is 2.44. The molecule has 1 unspecified atom stereocenters. The van der Waals surface area contributed by atoms with Crippen LogP contribution in [0, 0.1) is 0 Å². The largest absolute Gasteiger partial charge is 1.00 e. The molecular formula is C15H33ClIN. The first-order chi connectivity index (χ1) is 8.18. The molecule has 0 aromatic rings. The van der Waals surface area contributed by atoms with E-state index >= 15 is 0 Å². The summed E-state index contributed by atoms with van der Waals surface area (Å²) in [6, 6.07) is 0. The second-order valence-corrected chi connectivity index (χ2v) is 5.98. The van der Waals surface area contributed by atoms with Gasteiger partial charge in [0, 0.05) is 12.3 Å². The van der Waals surface area contributed by atoms with Crippen LogP contribution in [0.5, 0.6) is 0 Å². The summed E-state index contributed by atoms with van der Waals surface area (Å²) < 4.78 is 1.25. The highest BCUT2D eigenvalue weighted by Gasteiger charge is 2.19. The van der Waals surface area contributed by atoms with Gasteiger partial charge in [-0.2, -0.15) is 0 Å². The molecule has 0 fully saturated rings. The molecule has 1 atom stereocenters. The molecule has 112 valence electrons. The molecule has 0 N–H and O–H groups in total. The number of quaternary nitrogens is 1. The molecule has 0 aliphatic rings. The normalized spacial score (nSPS) is 14.0. The summed E-state index contributed by atoms with van der Waals surface area (Å²) in [6.07, 6.45) is 10.8. The Morgan fingerprint density at radius 1 is 0.722 bits per heavy atom. The van der Waals surface area contributed by atoms with Crippen molar-refractivity contribution < 1.29 is 28.5 Å². The van der Waals surface area contributed by atoms with E-state index in [1.807, 2.05) is 0 Å². The van der Waals surface area contributed by atoms with Crippen molar-refractivity contribution in [2.75, 3.05) is 32.6 Å². The number of nitrogens with zero attached hydrogens (tertiary/aromatic N) is 1. The summed E-state index contributed by atoms with van der Waals surface area (Å²) in [5.74, 6) is 0.816. The van der Waals surface area contributed by atoms with E-state index in [0.29, 0.717) is 0 Å². The SMILES string of the molecule is CCCCCC[N+](C)(CCCCl)CCCCC.[I-]. The lowest BCUT2D eigenvalue weighted by Gasteiger charge is -2.35. The minimum absolute atomic E-state index is 0. The number of rotatable bonds is 12. The topological polar surface area (TPSA) is 0 Å². The summed E-state index contributed by atoms with van der Waals surface area (Å²) in [4.78, 5) is 0. The lowest BCUT2D eigenvalue weighted by Crippen LogP contribution is -3.00. The Hall–Kier alpha value is 0.980. The van der Waals surface area contributed by atoms with Gasteiger partial charge in [-0.05, 0) is 25.7 Å². The van der Waals surface area contributed by atoms with E-state index in [0.717, 1.165) is 12.3 Å². The van der Waals surface area contributed by atoms with Gasteiger partial charge in [-0.1, -0.05) is 33.1 Å². The van der Waals surface area contributed by atoms with Crippen molar-refractivity contribution in [3.63, 3.8) is 0 Å². The van der Waals surface area contributed by atoms with E-state index in [1.165, 1.54) is 69.1 Å².